The lowest BCUT2D eigenvalue weighted by Crippen LogP contribution is -2.63. The van der Waals surface area contributed by atoms with E-state index < -0.39 is 29.7 Å². The van der Waals surface area contributed by atoms with E-state index in [0.29, 0.717) is 18.5 Å². The highest BCUT2D eigenvalue weighted by Gasteiger charge is 2.39. The predicted molar refractivity (Wildman–Crippen MR) is 132 cm³/mol. The molecule has 2 aliphatic rings. The van der Waals surface area contributed by atoms with Gasteiger partial charge in [0.2, 0.25) is 11.8 Å². The summed E-state index contributed by atoms with van der Waals surface area (Å²) in [6, 6.07) is 10.7. The molecule has 2 saturated heterocycles. The van der Waals surface area contributed by atoms with Crippen molar-refractivity contribution in [1.29, 1.82) is 0 Å². The van der Waals surface area contributed by atoms with Crippen LogP contribution in [-0.2, 0) is 9.59 Å². The normalized spacial score (nSPS) is 19.9. The summed E-state index contributed by atoms with van der Waals surface area (Å²) in [5, 5.41) is 5.49. The molecular weight excluding hydrogens is 465 g/mol. The number of rotatable bonds is 5. The van der Waals surface area contributed by atoms with Crippen molar-refractivity contribution in [2.75, 3.05) is 45.2 Å². The fourth-order valence-electron chi connectivity index (χ4n) is 4.48. The molecule has 2 fully saturated rings. The van der Waals surface area contributed by atoms with Gasteiger partial charge in [0.05, 0.1) is 6.54 Å². The van der Waals surface area contributed by atoms with Gasteiger partial charge in [0.1, 0.15) is 17.9 Å². The van der Waals surface area contributed by atoms with Gasteiger partial charge in [0.15, 0.2) is 0 Å². The molecule has 2 atom stereocenters. The average molecular weight is 496 g/mol. The summed E-state index contributed by atoms with van der Waals surface area (Å²) in [6.45, 7) is 0.782. The van der Waals surface area contributed by atoms with Crippen molar-refractivity contribution in [2.24, 2.45) is 0 Å². The van der Waals surface area contributed by atoms with Crippen LogP contribution < -0.4 is 15.5 Å². The molecule has 0 aliphatic carbocycles. The van der Waals surface area contributed by atoms with Crippen molar-refractivity contribution in [3.8, 4) is 0 Å². The zero-order valence-corrected chi connectivity index (χ0v) is 20.4. The van der Waals surface area contributed by atoms with Gasteiger partial charge in [-0.2, -0.15) is 0 Å². The lowest BCUT2D eigenvalue weighted by Gasteiger charge is -2.41. The molecule has 4 rings (SSSR count). The third-order valence-electron chi connectivity index (χ3n) is 6.54. The average Bonchev–Trinajstić information content (AvgIpc) is 2.89. The monoisotopic (exact) mass is 495 g/mol. The first-order valence-electron chi connectivity index (χ1n) is 12.0. The summed E-state index contributed by atoms with van der Waals surface area (Å²) >= 11 is 0. The van der Waals surface area contributed by atoms with Crippen LogP contribution in [0.2, 0.25) is 0 Å². The molecule has 0 unspecified atom stereocenters. The Hall–Kier alpha value is -3.95. The standard InChI is InChI=1S/C26H30FN5O4/c1-30(2)20-10-8-17(9-11-20)26(36)32-14-13-31(25(35)18-5-3-6-19(27)15-18)16-22(32)24(34)29-21-7-4-12-28-23(21)33/h3,5-6,8-11,15,21-22H,4,7,12-14,16H2,1-2H3,(H,28,33)(H,29,34)/t21-,22-/m0/s1. The molecule has 9 nitrogen and oxygen atoms in total. The Bertz CT molecular complexity index is 1150. The number of nitrogens with one attached hydrogen (secondary N) is 2. The number of hydrogen-bond donors (Lipinski definition) is 2. The van der Waals surface area contributed by atoms with Gasteiger partial charge >= 0.3 is 0 Å². The lowest BCUT2D eigenvalue weighted by atomic mass is 10.0. The van der Waals surface area contributed by atoms with Crippen molar-refractivity contribution in [1.82, 2.24) is 20.4 Å². The summed E-state index contributed by atoms with van der Waals surface area (Å²) in [5.74, 6) is -2.08. The molecule has 0 saturated carbocycles. The highest BCUT2D eigenvalue weighted by molar-refractivity contribution is 6.00. The first-order valence-corrected chi connectivity index (χ1v) is 12.0. The molecule has 0 spiro atoms. The van der Waals surface area contributed by atoms with Crippen LogP contribution in [0.15, 0.2) is 48.5 Å². The molecule has 36 heavy (non-hydrogen) atoms. The van der Waals surface area contributed by atoms with E-state index >= 15 is 0 Å². The molecule has 4 amide bonds. The van der Waals surface area contributed by atoms with Crippen LogP contribution in [0.1, 0.15) is 33.6 Å². The topological polar surface area (TPSA) is 102 Å². The molecule has 0 radical (unpaired) electrons. The van der Waals surface area contributed by atoms with Crippen LogP contribution >= 0.6 is 0 Å². The number of halogens is 1. The number of amides is 4. The van der Waals surface area contributed by atoms with Gasteiger partial charge in [-0.3, -0.25) is 19.2 Å². The minimum absolute atomic E-state index is 0.0724. The Morgan fingerprint density at radius 1 is 1.03 bits per heavy atom. The maximum atomic E-state index is 13.7. The number of nitrogens with zero attached hydrogens (tertiary/aromatic N) is 3. The number of piperazine rings is 1. The molecule has 0 aromatic heterocycles. The van der Waals surface area contributed by atoms with E-state index in [0.717, 1.165) is 18.2 Å². The number of carbonyl (C=O) groups is 4. The van der Waals surface area contributed by atoms with Gasteiger partial charge in [0, 0.05) is 50.5 Å². The first kappa shape index (κ1) is 25.2. The van der Waals surface area contributed by atoms with Gasteiger partial charge in [-0.15, -0.1) is 0 Å². The number of piperidine rings is 1. The van der Waals surface area contributed by atoms with E-state index in [9.17, 15) is 23.6 Å². The van der Waals surface area contributed by atoms with Crippen molar-refractivity contribution in [3.05, 3.63) is 65.5 Å². The van der Waals surface area contributed by atoms with Gasteiger partial charge in [-0.25, -0.2) is 4.39 Å². The summed E-state index contributed by atoms with van der Waals surface area (Å²) in [5.41, 5.74) is 1.51. The highest BCUT2D eigenvalue weighted by Crippen LogP contribution is 2.20. The van der Waals surface area contributed by atoms with Crippen LogP contribution in [0, 0.1) is 5.82 Å². The first-order chi connectivity index (χ1) is 17.2. The summed E-state index contributed by atoms with van der Waals surface area (Å²) < 4.78 is 13.7. The molecule has 2 N–H and O–H groups in total. The van der Waals surface area contributed by atoms with E-state index in [-0.39, 0.29) is 37.0 Å². The fraction of sp³-hybridized carbons (Fsp3) is 0.385. The van der Waals surface area contributed by atoms with Gasteiger partial charge in [-0.1, -0.05) is 6.07 Å². The van der Waals surface area contributed by atoms with Gasteiger partial charge in [0.25, 0.3) is 11.8 Å². The van der Waals surface area contributed by atoms with Crippen molar-refractivity contribution >= 4 is 29.3 Å². The lowest BCUT2D eigenvalue weighted by molar-refractivity contribution is -0.133. The fourth-order valence-corrected chi connectivity index (χ4v) is 4.48. The van der Waals surface area contributed by atoms with Crippen molar-refractivity contribution in [2.45, 2.75) is 24.9 Å². The molecule has 10 heteroatoms. The molecule has 0 bridgehead atoms. The molecule has 2 aromatic carbocycles. The van der Waals surface area contributed by atoms with Crippen LogP contribution in [0.4, 0.5) is 10.1 Å². The molecule has 190 valence electrons. The molecular formula is C26H30FN5O4. The van der Waals surface area contributed by atoms with E-state index in [1.54, 1.807) is 12.1 Å². The third-order valence-corrected chi connectivity index (χ3v) is 6.54. The highest BCUT2D eigenvalue weighted by atomic mass is 19.1. The quantitative estimate of drug-likeness (QED) is 0.650. The van der Waals surface area contributed by atoms with Crippen LogP contribution in [0.3, 0.4) is 0 Å². The Balaban J connectivity index is 1.57. The predicted octanol–water partition coefficient (Wildman–Crippen LogP) is 1.25. The Morgan fingerprint density at radius 3 is 2.44 bits per heavy atom. The van der Waals surface area contributed by atoms with Gasteiger partial charge < -0.3 is 25.3 Å². The summed E-state index contributed by atoms with van der Waals surface area (Å²) in [7, 11) is 3.79. The summed E-state index contributed by atoms with van der Waals surface area (Å²) in [6.07, 6.45) is 1.22. The van der Waals surface area contributed by atoms with Crippen LogP contribution in [0.25, 0.3) is 0 Å². The van der Waals surface area contributed by atoms with Crippen LogP contribution in [0.5, 0.6) is 0 Å². The van der Waals surface area contributed by atoms with Crippen molar-refractivity contribution in [3.63, 3.8) is 0 Å². The minimum Gasteiger partial charge on any atom is -0.378 e. The molecule has 2 aromatic rings. The molecule has 2 heterocycles. The van der Waals surface area contributed by atoms with E-state index in [4.69, 9.17) is 0 Å². The minimum atomic E-state index is -1.01. The van der Waals surface area contributed by atoms with Gasteiger partial charge in [-0.05, 0) is 55.3 Å². The van der Waals surface area contributed by atoms with E-state index in [1.807, 2.05) is 31.1 Å². The third kappa shape index (κ3) is 5.48. The van der Waals surface area contributed by atoms with E-state index in [2.05, 4.69) is 10.6 Å². The zero-order valence-electron chi connectivity index (χ0n) is 20.4. The zero-order chi connectivity index (χ0) is 25.8. The second-order valence-corrected chi connectivity index (χ2v) is 9.21. The number of benzene rings is 2. The Labute approximate surface area is 209 Å². The number of hydrogen-bond acceptors (Lipinski definition) is 5. The summed E-state index contributed by atoms with van der Waals surface area (Å²) in [4.78, 5) is 56.9. The van der Waals surface area contributed by atoms with E-state index in [1.165, 1.54) is 28.0 Å². The SMILES string of the molecule is CN(C)c1ccc(C(=O)N2CCN(C(=O)c3cccc(F)c3)C[C@H]2C(=O)N[C@H]2CCCNC2=O)cc1. The maximum absolute atomic E-state index is 13.7. The second kappa shape index (κ2) is 10.8. The maximum Gasteiger partial charge on any atom is 0.254 e. The number of carbonyl (C=O) groups excluding carboxylic acids is 4. The van der Waals surface area contributed by atoms with Crippen molar-refractivity contribution < 1.29 is 23.6 Å². The second-order valence-electron chi connectivity index (χ2n) is 9.21. The molecule has 2 aliphatic heterocycles. The largest absolute Gasteiger partial charge is 0.378 e. The van der Waals surface area contributed by atoms with Crippen LogP contribution in [-0.4, -0.2) is 85.8 Å². The Morgan fingerprint density at radius 2 is 1.78 bits per heavy atom. The smallest absolute Gasteiger partial charge is 0.254 e. The number of anilines is 1. The Kier molecular flexibility index (Phi) is 7.52.